The highest BCUT2D eigenvalue weighted by Crippen LogP contribution is 2.29. The van der Waals surface area contributed by atoms with Gasteiger partial charge in [0.2, 0.25) is 5.91 Å². The molecule has 0 aliphatic carbocycles. The standard InChI is InChI=1S/C16H24N2O4/c1-10(13-9-12(20-3)5-6-14(13)21-4)18-16(19)15-11(2)22-8-7-17-15/h5-6,9-11,15,17H,7-8H2,1-4H3,(H,18,19)/t10?,11-,15+/m1/s1. The molecule has 1 aromatic rings. The Balaban J connectivity index is 2.10. The van der Waals surface area contributed by atoms with E-state index in [0.717, 1.165) is 17.1 Å². The summed E-state index contributed by atoms with van der Waals surface area (Å²) in [6, 6.07) is 5.00. The summed E-state index contributed by atoms with van der Waals surface area (Å²) in [6.45, 7) is 5.13. The van der Waals surface area contributed by atoms with E-state index in [9.17, 15) is 4.79 Å². The third-order valence-electron chi connectivity index (χ3n) is 3.86. The van der Waals surface area contributed by atoms with Gasteiger partial charge in [-0.25, -0.2) is 0 Å². The summed E-state index contributed by atoms with van der Waals surface area (Å²) in [6.07, 6.45) is -0.145. The van der Waals surface area contributed by atoms with Gasteiger partial charge in [-0.1, -0.05) is 0 Å². The predicted molar refractivity (Wildman–Crippen MR) is 83.3 cm³/mol. The molecule has 1 fully saturated rings. The average Bonchev–Trinajstić information content (AvgIpc) is 2.54. The number of benzene rings is 1. The number of amides is 1. The summed E-state index contributed by atoms with van der Waals surface area (Å²) in [5, 5.41) is 6.19. The zero-order valence-corrected chi connectivity index (χ0v) is 13.5. The molecule has 6 heteroatoms. The number of morpholine rings is 1. The number of carbonyl (C=O) groups excluding carboxylic acids is 1. The number of ether oxygens (including phenoxy) is 3. The van der Waals surface area contributed by atoms with Gasteiger partial charge in [0.05, 0.1) is 33.0 Å². The normalized spacial score (nSPS) is 22.7. The summed E-state index contributed by atoms with van der Waals surface area (Å²) in [5.74, 6) is 1.36. The molecule has 0 radical (unpaired) electrons. The minimum atomic E-state index is -0.340. The molecule has 0 saturated carbocycles. The van der Waals surface area contributed by atoms with Crippen LogP contribution in [0.5, 0.6) is 11.5 Å². The third-order valence-corrected chi connectivity index (χ3v) is 3.86. The van der Waals surface area contributed by atoms with E-state index >= 15 is 0 Å². The number of rotatable bonds is 5. The Morgan fingerprint density at radius 1 is 1.41 bits per heavy atom. The second-order valence-electron chi connectivity index (χ2n) is 5.35. The van der Waals surface area contributed by atoms with E-state index in [-0.39, 0.29) is 24.1 Å². The van der Waals surface area contributed by atoms with Crippen molar-refractivity contribution in [3.63, 3.8) is 0 Å². The van der Waals surface area contributed by atoms with Crippen LogP contribution < -0.4 is 20.1 Å². The molecule has 1 unspecified atom stereocenters. The van der Waals surface area contributed by atoms with Gasteiger partial charge in [0.1, 0.15) is 17.5 Å². The Morgan fingerprint density at radius 3 is 2.82 bits per heavy atom. The predicted octanol–water partition coefficient (Wildman–Crippen LogP) is 1.26. The molecular formula is C16H24N2O4. The molecule has 0 bridgehead atoms. The summed E-state index contributed by atoms with van der Waals surface area (Å²) in [5.41, 5.74) is 0.875. The molecule has 1 aliphatic heterocycles. The van der Waals surface area contributed by atoms with Gasteiger partial charge < -0.3 is 24.8 Å². The third kappa shape index (κ3) is 3.69. The molecule has 1 heterocycles. The van der Waals surface area contributed by atoms with Gasteiger partial charge in [0, 0.05) is 12.1 Å². The molecule has 1 aromatic carbocycles. The molecule has 6 nitrogen and oxygen atoms in total. The van der Waals surface area contributed by atoms with Crippen LogP contribution >= 0.6 is 0 Å². The largest absolute Gasteiger partial charge is 0.497 e. The molecular weight excluding hydrogens is 284 g/mol. The second-order valence-corrected chi connectivity index (χ2v) is 5.35. The number of nitrogens with one attached hydrogen (secondary N) is 2. The quantitative estimate of drug-likeness (QED) is 0.857. The van der Waals surface area contributed by atoms with Crippen molar-refractivity contribution in [2.24, 2.45) is 0 Å². The average molecular weight is 308 g/mol. The fourth-order valence-electron chi connectivity index (χ4n) is 2.59. The van der Waals surface area contributed by atoms with E-state index < -0.39 is 0 Å². The van der Waals surface area contributed by atoms with Crippen LogP contribution in [0.25, 0.3) is 0 Å². The lowest BCUT2D eigenvalue weighted by Crippen LogP contribution is -2.55. The van der Waals surface area contributed by atoms with E-state index in [0.29, 0.717) is 13.2 Å². The molecule has 3 atom stereocenters. The fourth-order valence-corrected chi connectivity index (χ4v) is 2.59. The molecule has 122 valence electrons. The molecule has 1 saturated heterocycles. The van der Waals surface area contributed by atoms with Crippen LogP contribution in [0.1, 0.15) is 25.5 Å². The van der Waals surface area contributed by atoms with Crippen molar-refractivity contribution in [3.8, 4) is 11.5 Å². The minimum absolute atomic E-state index is 0.0791. The fraction of sp³-hybridized carbons (Fsp3) is 0.562. The van der Waals surface area contributed by atoms with Crippen LogP contribution in [0.15, 0.2) is 18.2 Å². The number of methoxy groups -OCH3 is 2. The second kappa shape index (κ2) is 7.47. The van der Waals surface area contributed by atoms with Crippen LogP contribution in [-0.2, 0) is 9.53 Å². The van der Waals surface area contributed by atoms with Gasteiger partial charge in [-0.2, -0.15) is 0 Å². The summed E-state index contributed by atoms with van der Waals surface area (Å²) >= 11 is 0. The Kier molecular flexibility index (Phi) is 5.63. The van der Waals surface area contributed by atoms with Crippen molar-refractivity contribution in [2.45, 2.75) is 32.0 Å². The lowest BCUT2D eigenvalue weighted by atomic mass is 10.0. The monoisotopic (exact) mass is 308 g/mol. The summed E-state index contributed by atoms with van der Waals surface area (Å²) in [4.78, 5) is 12.4. The van der Waals surface area contributed by atoms with Crippen molar-refractivity contribution >= 4 is 5.91 Å². The van der Waals surface area contributed by atoms with Gasteiger partial charge in [-0.15, -0.1) is 0 Å². The summed E-state index contributed by atoms with van der Waals surface area (Å²) < 4.78 is 16.1. The molecule has 1 aliphatic rings. The summed E-state index contributed by atoms with van der Waals surface area (Å²) in [7, 11) is 3.22. The maximum Gasteiger partial charge on any atom is 0.240 e. The molecule has 2 rings (SSSR count). The highest BCUT2D eigenvalue weighted by molar-refractivity contribution is 5.83. The molecule has 2 N–H and O–H groups in total. The minimum Gasteiger partial charge on any atom is -0.497 e. The molecule has 22 heavy (non-hydrogen) atoms. The maximum atomic E-state index is 12.4. The number of hydrogen-bond donors (Lipinski definition) is 2. The van der Waals surface area contributed by atoms with Gasteiger partial charge in [-0.3, -0.25) is 4.79 Å². The number of hydrogen-bond acceptors (Lipinski definition) is 5. The zero-order valence-electron chi connectivity index (χ0n) is 13.5. The molecule has 0 aromatic heterocycles. The Labute approximate surface area is 131 Å². The van der Waals surface area contributed by atoms with Crippen LogP contribution in [0.4, 0.5) is 0 Å². The van der Waals surface area contributed by atoms with Crippen LogP contribution in [0.2, 0.25) is 0 Å². The number of carbonyl (C=O) groups is 1. The van der Waals surface area contributed by atoms with Crippen molar-refractivity contribution in [2.75, 3.05) is 27.4 Å². The van der Waals surface area contributed by atoms with Crippen LogP contribution in [0, 0.1) is 0 Å². The first kappa shape index (κ1) is 16.6. The highest BCUT2D eigenvalue weighted by Gasteiger charge is 2.29. The highest BCUT2D eigenvalue weighted by atomic mass is 16.5. The van der Waals surface area contributed by atoms with Gasteiger partial charge >= 0.3 is 0 Å². The van der Waals surface area contributed by atoms with E-state index in [1.165, 1.54) is 0 Å². The van der Waals surface area contributed by atoms with E-state index in [1.54, 1.807) is 14.2 Å². The maximum absolute atomic E-state index is 12.4. The molecule has 1 amide bonds. The Morgan fingerprint density at radius 2 is 2.18 bits per heavy atom. The first-order valence-corrected chi connectivity index (χ1v) is 7.44. The van der Waals surface area contributed by atoms with Crippen LogP contribution in [-0.4, -0.2) is 45.4 Å². The lowest BCUT2D eigenvalue weighted by Gasteiger charge is -2.30. The smallest absolute Gasteiger partial charge is 0.240 e. The van der Waals surface area contributed by atoms with Crippen molar-refractivity contribution in [1.29, 1.82) is 0 Å². The van der Waals surface area contributed by atoms with E-state index in [1.807, 2.05) is 32.0 Å². The topological polar surface area (TPSA) is 68.8 Å². The van der Waals surface area contributed by atoms with E-state index in [4.69, 9.17) is 14.2 Å². The SMILES string of the molecule is COc1ccc(OC)c(C(C)NC(=O)[C@H]2NCCO[C@@H]2C)c1. The zero-order chi connectivity index (χ0) is 16.1. The van der Waals surface area contributed by atoms with Crippen molar-refractivity contribution < 1.29 is 19.0 Å². The van der Waals surface area contributed by atoms with Gasteiger partial charge in [0.15, 0.2) is 0 Å². The first-order chi connectivity index (χ1) is 10.6. The van der Waals surface area contributed by atoms with Gasteiger partial charge in [0.25, 0.3) is 0 Å². The lowest BCUT2D eigenvalue weighted by molar-refractivity contribution is -0.129. The van der Waals surface area contributed by atoms with E-state index in [2.05, 4.69) is 10.6 Å². The Hall–Kier alpha value is -1.79. The van der Waals surface area contributed by atoms with Crippen LogP contribution in [0.3, 0.4) is 0 Å². The van der Waals surface area contributed by atoms with Gasteiger partial charge in [-0.05, 0) is 32.0 Å². The Bertz CT molecular complexity index is 521. The van der Waals surface area contributed by atoms with Crippen molar-refractivity contribution in [1.82, 2.24) is 10.6 Å². The first-order valence-electron chi connectivity index (χ1n) is 7.44. The van der Waals surface area contributed by atoms with Crippen molar-refractivity contribution in [3.05, 3.63) is 23.8 Å². The molecule has 0 spiro atoms.